The van der Waals surface area contributed by atoms with Crippen LogP contribution in [0.5, 0.6) is 0 Å². The van der Waals surface area contributed by atoms with Crippen molar-refractivity contribution < 1.29 is 0 Å². The monoisotopic (exact) mass is 383 g/mol. The molecule has 1 nitrogen and oxygen atoms in total. The number of hydrogen-bond acceptors (Lipinski definition) is 2. The summed E-state index contributed by atoms with van der Waals surface area (Å²) in [7, 11) is 0. The lowest BCUT2D eigenvalue weighted by Gasteiger charge is -2.05. The molecule has 27 heavy (non-hydrogen) atoms. The van der Waals surface area contributed by atoms with E-state index < -0.39 is 0 Å². The van der Waals surface area contributed by atoms with Crippen LogP contribution in [0.3, 0.4) is 0 Å². The van der Waals surface area contributed by atoms with Gasteiger partial charge in [0.1, 0.15) is 0 Å². The van der Waals surface area contributed by atoms with Crippen molar-refractivity contribution in [3.8, 4) is 43.4 Å². The van der Waals surface area contributed by atoms with E-state index in [9.17, 15) is 0 Å². The zero-order chi connectivity index (χ0) is 18.1. The van der Waals surface area contributed by atoms with Gasteiger partial charge in [-0.15, -0.1) is 22.7 Å². The lowest BCUT2D eigenvalue weighted by molar-refractivity contribution is 1.42. The molecule has 3 heterocycles. The molecule has 3 heteroatoms. The number of hydrogen-bond donors (Lipinski definition) is 1. The summed E-state index contributed by atoms with van der Waals surface area (Å²) >= 11 is 3.72. The fraction of sp³-hybridized carbons (Fsp3) is 0.0833. The first-order valence-corrected chi connectivity index (χ1v) is 10.8. The Kier molecular flexibility index (Phi) is 3.11. The molecule has 1 aliphatic rings. The molecule has 0 bridgehead atoms. The second kappa shape index (κ2) is 5.44. The quantitative estimate of drug-likeness (QED) is 0.313. The highest BCUT2D eigenvalue weighted by Gasteiger charge is 2.30. The fourth-order valence-corrected chi connectivity index (χ4v) is 6.05. The van der Waals surface area contributed by atoms with E-state index in [1.807, 2.05) is 22.7 Å². The van der Waals surface area contributed by atoms with Gasteiger partial charge in [0.05, 0.1) is 21.1 Å². The fourth-order valence-electron chi connectivity index (χ4n) is 4.30. The number of aromatic nitrogens is 1. The maximum atomic E-state index is 3.82. The Balaban J connectivity index is 1.76. The van der Waals surface area contributed by atoms with Crippen molar-refractivity contribution in [2.45, 2.75) is 13.8 Å². The van der Waals surface area contributed by atoms with Crippen LogP contribution in [0.2, 0.25) is 0 Å². The van der Waals surface area contributed by atoms with E-state index >= 15 is 0 Å². The van der Waals surface area contributed by atoms with E-state index in [1.165, 1.54) is 63.9 Å². The van der Waals surface area contributed by atoms with Gasteiger partial charge < -0.3 is 4.98 Å². The summed E-state index contributed by atoms with van der Waals surface area (Å²) in [4.78, 5) is 9.13. The van der Waals surface area contributed by atoms with Gasteiger partial charge in [0, 0.05) is 20.9 Å². The van der Waals surface area contributed by atoms with E-state index in [4.69, 9.17) is 0 Å². The Hall–Kier alpha value is -2.62. The molecular formula is C24H17NS2. The molecule has 5 aromatic rings. The van der Waals surface area contributed by atoms with Crippen LogP contribution in [0.1, 0.15) is 9.75 Å². The normalized spacial score (nSPS) is 12.1. The molecule has 0 amide bonds. The first kappa shape index (κ1) is 15.4. The van der Waals surface area contributed by atoms with Crippen molar-refractivity contribution in [3.05, 3.63) is 70.4 Å². The van der Waals surface area contributed by atoms with Gasteiger partial charge >= 0.3 is 0 Å². The Morgan fingerprint density at radius 1 is 0.630 bits per heavy atom. The van der Waals surface area contributed by atoms with Crippen molar-refractivity contribution >= 4 is 33.4 Å². The summed E-state index contributed by atoms with van der Waals surface area (Å²) in [6.07, 6.45) is 0. The molecule has 6 rings (SSSR count). The van der Waals surface area contributed by atoms with Gasteiger partial charge in [0.2, 0.25) is 0 Å². The summed E-state index contributed by atoms with van der Waals surface area (Å²) in [5.74, 6) is 0. The number of benzene rings is 2. The molecular weight excluding hydrogens is 366 g/mol. The first-order chi connectivity index (χ1) is 13.2. The van der Waals surface area contributed by atoms with Crippen molar-refractivity contribution in [1.29, 1.82) is 0 Å². The molecule has 130 valence electrons. The molecule has 0 saturated carbocycles. The predicted molar refractivity (Wildman–Crippen MR) is 119 cm³/mol. The SMILES string of the molecule is Cc1ccc(-c2[nH]c(-c3ccc(C)s3)c3c2-c2cccc4cccc-3c24)s1. The minimum Gasteiger partial charge on any atom is -0.352 e. The average Bonchev–Trinajstić information content (AvgIpc) is 3.42. The van der Waals surface area contributed by atoms with E-state index in [2.05, 4.69) is 79.5 Å². The minimum absolute atomic E-state index is 1.26. The van der Waals surface area contributed by atoms with Gasteiger partial charge in [-0.1, -0.05) is 36.4 Å². The maximum absolute atomic E-state index is 3.82. The zero-order valence-electron chi connectivity index (χ0n) is 15.1. The highest BCUT2D eigenvalue weighted by atomic mass is 32.1. The third-order valence-corrected chi connectivity index (χ3v) is 7.45. The molecule has 0 aliphatic heterocycles. The number of thiophene rings is 2. The smallest absolute Gasteiger partial charge is 0.0646 e. The summed E-state index contributed by atoms with van der Waals surface area (Å²) in [5, 5.41) is 2.71. The number of aryl methyl sites for hydroxylation is 2. The second-order valence-corrected chi connectivity index (χ2v) is 9.73. The van der Waals surface area contributed by atoms with Gasteiger partial charge in [-0.3, -0.25) is 0 Å². The summed E-state index contributed by atoms with van der Waals surface area (Å²) in [6, 6.07) is 22.3. The molecule has 0 atom stereocenters. The van der Waals surface area contributed by atoms with E-state index in [-0.39, 0.29) is 0 Å². The molecule has 0 spiro atoms. The van der Waals surface area contributed by atoms with Gasteiger partial charge in [0.15, 0.2) is 0 Å². The van der Waals surface area contributed by atoms with Crippen LogP contribution >= 0.6 is 22.7 Å². The minimum atomic E-state index is 1.26. The van der Waals surface area contributed by atoms with Crippen molar-refractivity contribution in [3.63, 3.8) is 0 Å². The standard InChI is InChI=1S/C24H17NS2/c1-13-9-11-18(26-13)23-21-16-7-3-5-15-6-4-8-17(20(15)16)22(21)24(25-23)19-12-10-14(2)27-19/h3-12,25H,1-2H3. The molecule has 1 N–H and O–H groups in total. The number of rotatable bonds is 2. The third kappa shape index (κ3) is 2.10. The molecule has 3 aromatic heterocycles. The first-order valence-electron chi connectivity index (χ1n) is 9.13. The van der Waals surface area contributed by atoms with Gasteiger partial charge in [0.25, 0.3) is 0 Å². The number of nitrogens with one attached hydrogen (secondary N) is 1. The topological polar surface area (TPSA) is 15.8 Å². The van der Waals surface area contributed by atoms with Crippen molar-refractivity contribution in [2.75, 3.05) is 0 Å². The van der Waals surface area contributed by atoms with Gasteiger partial charge in [-0.2, -0.15) is 0 Å². The molecule has 0 radical (unpaired) electrons. The second-order valence-electron chi connectivity index (χ2n) is 7.15. The Bertz CT molecular complexity index is 1250. The molecule has 1 aliphatic carbocycles. The zero-order valence-corrected chi connectivity index (χ0v) is 16.7. The van der Waals surface area contributed by atoms with Crippen LogP contribution in [-0.2, 0) is 0 Å². The summed E-state index contributed by atoms with van der Waals surface area (Å²) < 4.78 is 0. The van der Waals surface area contributed by atoms with Crippen LogP contribution in [0.4, 0.5) is 0 Å². The van der Waals surface area contributed by atoms with Crippen LogP contribution in [-0.4, -0.2) is 4.98 Å². The highest BCUT2D eigenvalue weighted by Crippen LogP contribution is 2.55. The summed E-state index contributed by atoms with van der Waals surface area (Å²) in [5.41, 5.74) is 7.96. The molecule has 0 unspecified atom stereocenters. The van der Waals surface area contributed by atoms with Crippen LogP contribution in [0.25, 0.3) is 54.2 Å². The van der Waals surface area contributed by atoms with Crippen LogP contribution in [0, 0.1) is 13.8 Å². The van der Waals surface area contributed by atoms with E-state index in [0.29, 0.717) is 0 Å². The van der Waals surface area contributed by atoms with Crippen molar-refractivity contribution in [2.24, 2.45) is 0 Å². The van der Waals surface area contributed by atoms with Gasteiger partial charge in [-0.25, -0.2) is 0 Å². The lowest BCUT2D eigenvalue weighted by atomic mass is 10.0. The lowest BCUT2D eigenvalue weighted by Crippen LogP contribution is -1.81. The maximum Gasteiger partial charge on any atom is 0.0646 e. The van der Waals surface area contributed by atoms with Crippen LogP contribution < -0.4 is 0 Å². The number of fused-ring (bicyclic) bond motifs is 3. The van der Waals surface area contributed by atoms with Crippen LogP contribution in [0.15, 0.2) is 60.7 Å². The third-order valence-electron chi connectivity index (χ3n) is 5.42. The van der Waals surface area contributed by atoms with E-state index in [0.717, 1.165) is 0 Å². The Morgan fingerprint density at radius 2 is 1.15 bits per heavy atom. The Morgan fingerprint density at radius 3 is 1.59 bits per heavy atom. The molecule has 2 aromatic carbocycles. The average molecular weight is 384 g/mol. The highest BCUT2D eigenvalue weighted by molar-refractivity contribution is 7.16. The van der Waals surface area contributed by atoms with E-state index in [1.54, 1.807) is 0 Å². The largest absolute Gasteiger partial charge is 0.352 e. The molecule has 0 saturated heterocycles. The Labute approximate surface area is 165 Å². The summed E-state index contributed by atoms with van der Waals surface area (Å²) in [6.45, 7) is 4.35. The molecule has 0 fully saturated rings. The predicted octanol–water partition coefficient (Wildman–Crippen LogP) is 7.89. The number of H-pyrrole nitrogens is 1. The van der Waals surface area contributed by atoms with Crippen molar-refractivity contribution in [1.82, 2.24) is 4.98 Å². The van der Waals surface area contributed by atoms with Gasteiger partial charge in [-0.05, 0) is 60.0 Å². The number of aromatic amines is 1.